The highest BCUT2D eigenvalue weighted by Crippen LogP contribution is 2.13. The molecule has 0 spiro atoms. The topological polar surface area (TPSA) is 78.9 Å². The van der Waals surface area contributed by atoms with E-state index in [2.05, 4.69) is 179 Å². The first-order valence-electron chi connectivity index (χ1n) is 30.0. The lowest BCUT2D eigenvalue weighted by molar-refractivity contribution is -0.167. The first kappa shape index (κ1) is 70.0. The molecule has 0 amide bonds. The number of carbonyl (C=O) groups excluding carboxylic acids is 3. The van der Waals surface area contributed by atoms with Crippen molar-refractivity contribution in [2.75, 3.05) is 13.2 Å². The second-order valence-electron chi connectivity index (χ2n) is 19.2. The Morgan fingerprint density at radius 2 is 0.547 bits per heavy atom. The van der Waals surface area contributed by atoms with Crippen molar-refractivity contribution in [2.24, 2.45) is 0 Å². The van der Waals surface area contributed by atoms with Crippen LogP contribution >= 0.6 is 0 Å². The minimum Gasteiger partial charge on any atom is -0.462 e. The normalized spacial score (nSPS) is 13.3. The molecule has 6 heteroatoms. The van der Waals surface area contributed by atoms with Gasteiger partial charge in [-0.1, -0.05) is 237 Å². The van der Waals surface area contributed by atoms with Gasteiger partial charge in [0.1, 0.15) is 13.2 Å². The summed E-state index contributed by atoms with van der Waals surface area (Å²) >= 11 is 0. The molecule has 0 aromatic carbocycles. The Kier molecular flexibility index (Phi) is 57.5. The molecule has 0 bridgehead atoms. The molecule has 75 heavy (non-hydrogen) atoms. The Labute approximate surface area is 460 Å². The van der Waals surface area contributed by atoms with Crippen molar-refractivity contribution in [1.29, 1.82) is 0 Å². The van der Waals surface area contributed by atoms with Gasteiger partial charge in [-0.3, -0.25) is 14.4 Å². The first-order valence-corrected chi connectivity index (χ1v) is 30.0. The van der Waals surface area contributed by atoms with Gasteiger partial charge in [0.2, 0.25) is 0 Å². The van der Waals surface area contributed by atoms with Gasteiger partial charge in [0, 0.05) is 19.3 Å². The number of carbonyl (C=O) groups is 3. The summed E-state index contributed by atoms with van der Waals surface area (Å²) in [4.78, 5) is 38.0. The SMILES string of the molecule is CC/C=C\C/C=C\C/C=C\C/C=C\C/C=C\C/C=C\C/C=C\C/C=C\C/C=C\C/C=C\CCCCC(=O)OCC(COC(=O)CCCCCCC/C=C\CCC)OC(=O)CCCCCCC/C=C\C/C=C\CCCC. The van der Waals surface area contributed by atoms with Gasteiger partial charge < -0.3 is 14.2 Å². The van der Waals surface area contributed by atoms with E-state index in [1.807, 2.05) is 0 Å². The van der Waals surface area contributed by atoms with E-state index in [1.54, 1.807) is 0 Å². The molecule has 0 saturated heterocycles. The predicted octanol–water partition coefficient (Wildman–Crippen LogP) is 20.5. The van der Waals surface area contributed by atoms with E-state index in [1.165, 1.54) is 32.1 Å². The molecular formula is C69H108O6. The number of esters is 3. The van der Waals surface area contributed by atoms with E-state index in [0.29, 0.717) is 25.7 Å². The van der Waals surface area contributed by atoms with Crippen molar-refractivity contribution in [3.63, 3.8) is 0 Å². The predicted molar refractivity (Wildman–Crippen MR) is 325 cm³/mol. The number of unbranched alkanes of at least 4 members (excludes halogenated alkanes) is 15. The molecule has 0 aliphatic heterocycles. The van der Waals surface area contributed by atoms with Crippen molar-refractivity contribution in [3.8, 4) is 0 Å². The zero-order chi connectivity index (χ0) is 54.3. The van der Waals surface area contributed by atoms with Crippen LogP contribution in [0.1, 0.15) is 239 Å². The summed E-state index contributed by atoms with van der Waals surface area (Å²) in [5, 5.41) is 0. The van der Waals surface area contributed by atoms with Crippen molar-refractivity contribution >= 4 is 17.9 Å². The highest BCUT2D eigenvalue weighted by atomic mass is 16.6. The molecule has 0 saturated carbocycles. The Morgan fingerprint density at radius 3 is 0.907 bits per heavy atom. The zero-order valence-electron chi connectivity index (χ0n) is 48.0. The van der Waals surface area contributed by atoms with Crippen LogP contribution < -0.4 is 0 Å². The average Bonchev–Trinajstić information content (AvgIpc) is 3.41. The molecule has 1 atom stereocenters. The molecule has 0 rings (SSSR count). The molecule has 6 nitrogen and oxygen atoms in total. The maximum atomic E-state index is 12.8. The van der Waals surface area contributed by atoms with Crippen LogP contribution in [0.4, 0.5) is 0 Å². The van der Waals surface area contributed by atoms with Crippen LogP contribution in [0.2, 0.25) is 0 Å². The number of hydrogen-bond acceptors (Lipinski definition) is 6. The Morgan fingerprint density at radius 1 is 0.280 bits per heavy atom. The van der Waals surface area contributed by atoms with Gasteiger partial charge in [-0.2, -0.15) is 0 Å². The van der Waals surface area contributed by atoms with Crippen LogP contribution in [0.5, 0.6) is 0 Å². The van der Waals surface area contributed by atoms with Gasteiger partial charge >= 0.3 is 17.9 Å². The summed E-state index contributed by atoms with van der Waals surface area (Å²) in [5.41, 5.74) is 0. The van der Waals surface area contributed by atoms with E-state index >= 15 is 0 Å². The van der Waals surface area contributed by atoms with Crippen molar-refractivity contribution in [2.45, 2.75) is 245 Å². The number of ether oxygens (including phenoxy) is 3. The molecule has 0 aromatic rings. The maximum absolute atomic E-state index is 12.8. The van der Waals surface area contributed by atoms with E-state index in [9.17, 15) is 14.4 Å². The molecule has 420 valence electrons. The van der Waals surface area contributed by atoms with Crippen molar-refractivity contribution in [3.05, 3.63) is 158 Å². The molecule has 0 radical (unpaired) electrons. The van der Waals surface area contributed by atoms with E-state index in [4.69, 9.17) is 14.2 Å². The minimum absolute atomic E-state index is 0.108. The van der Waals surface area contributed by atoms with Crippen molar-refractivity contribution in [1.82, 2.24) is 0 Å². The average molecular weight is 1030 g/mol. The number of rotatable bonds is 52. The molecule has 0 aliphatic carbocycles. The number of allylic oxidation sites excluding steroid dienone is 26. The molecule has 0 aliphatic rings. The summed E-state index contributed by atoms with van der Waals surface area (Å²) in [7, 11) is 0. The number of hydrogen-bond donors (Lipinski definition) is 0. The second kappa shape index (κ2) is 61.6. The molecule has 0 aromatic heterocycles. The second-order valence-corrected chi connectivity index (χ2v) is 19.2. The summed E-state index contributed by atoms with van der Waals surface area (Å²) in [6.07, 6.45) is 89.7. The van der Waals surface area contributed by atoms with E-state index in [-0.39, 0.29) is 31.1 Å². The quantitative estimate of drug-likeness (QED) is 0.0261. The molecular weight excluding hydrogens is 925 g/mol. The summed E-state index contributed by atoms with van der Waals surface area (Å²) in [6.45, 7) is 6.35. The Bertz CT molecular complexity index is 1710. The monoisotopic (exact) mass is 1030 g/mol. The van der Waals surface area contributed by atoms with Crippen LogP contribution in [-0.4, -0.2) is 37.2 Å². The van der Waals surface area contributed by atoms with Crippen LogP contribution in [0.25, 0.3) is 0 Å². The standard InChI is InChI=1S/C69H108O6/c1-4-7-10-13-16-19-22-24-26-27-28-29-30-31-32-33-34-35-36-37-38-39-40-41-42-43-44-46-47-50-53-56-59-62-68(71)74-65-66(64-73-67(70)61-58-55-52-49-21-18-15-12-9-6-3)75-69(72)63-60-57-54-51-48-45-25-23-20-17-14-11-8-5-2/h7,10,12,14-17,19,23-26,28-29,31-32,34-35,37-38,40-41,43-44,47,50,66H,4-6,8-9,11,13,18,20-22,27,30,33,36,39,42,45-46,48-49,51-65H2,1-3H3/b10-7-,15-12-,17-14-,19-16-,25-23-,26-24-,29-28-,32-31-,35-34-,38-37-,41-40-,44-43-,50-47-. The summed E-state index contributed by atoms with van der Waals surface area (Å²) < 4.78 is 16.8. The largest absolute Gasteiger partial charge is 0.462 e. The summed E-state index contributed by atoms with van der Waals surface area (Å²) in [5.74, 6) is -0.987. The molecule has 0 N–H and O–H groups in total. The lowest BCUT2D eigenvalue weighted by atomic mass is 10.1. The fourth-order valence-corrected chi connectivity index (χ4v) is 7.49. The fourth-order valence-electron chi connectivity index (χ4n) is 7.49. The highest BCUT2D eigenvalue weighted by molar-refractivity contribution is 5.71. The fraction of sp³-hybridized carbons (Fsp3) is 0.580. The van der Waals surface area contributed by atoms with Crippen molar-refractivity contribution < 1.29 is 28.6 Å². The van der Waals surface area contributed by atoms with Crippen LogP contribution in [0.3, 0.4) is 0 Å². The zero-order valence-corrected chi connectivity index (χ0v) is 48.0. The van der Waals surface area contributed by atoms with E-state index < -0.39 is 6.10 Å². The van der Waals surface area contributed by atoms with E-state index in [0.717, 1.165) is 161 Å². The third-order valence-corrected chi connectivity index (χ3v) is 12.0. The Balaban J connectivity index is 4.34. The summed E-state index contributed by atoms with van der Waals surface area (Å²) in [6, 6.07) is 0. The smallest absolute Gasteiger partial charge is 0.306 e. The third kappa shape index (κ3) is 59.8. The Hall–Kier alpha value is -4.97. The highest BCUT2D eigenvalue weighted by Gasteiger charge is 2.19. The van der Waals surface area contributed by atoms with Gasteiger partial charge in [-0.25, -0.2) is 0 Å². The minimum atomic E-state index is -0.813. The molecule has 0 fully saturated rings. The van der Waals surface area contributed by atoms with Gasteiger partial charge in [0.15, 0.2) is 6.10 Å². The lowest BCUT2D eigenvalue weighted by Crippen LogP contribution is -2.30. The van der Waals surface area contributed by atoms with Gasteiger partial charge in [0.25, 0.3) is 0 Å². The third-order valence-electron chi connectivity index (χ3n) is 12.0. The van der Waals surface area contributed by atoms with Crippen LogP contribution in [0.15, 0.2) is 158 Å². The van der Waals surface area contributed by atoms with Gasteiger partial charge in [0.05, 0.1) is 0 Å². The maximum Gasteiger partial charge on any atom is 0.306 e. The van der Waals surface area contributed by atoms with Crippen LogP contribution in [-0.2, 0) is 28.6 Å². The molecule has 1 unspecified atom stereocenters. The first-order chi connectivity index (χ1) is 37.0. The van der Waals surface area contributed by atoms with Crippen LogP contribution in [0, 0.1) is 0 Å². The van der Waals surface area contributed by atoms with Gasteiger partial charge in [-0.05, 0) is 141 Å². The molecule has 0 heterocycles. The lowest BCUT2D eigenvalue weighted by Gasteiger charge is -2.18. The van der Waals surface area contributed by atoms with Gasteiger partial charge in [-0.15, -0.1) is 0 Å².